The number of aryl methyl sites for hydroxylation is 2. The Bertz CT molecular complexity index is 1130. The van der Waals surface area contributed by atoms with Crippen molar-refractivity contribution in [3.8, 4) is 11.3 Å². The Kier molecular flexibility index (Phi) is 6.63. The van der Waals surface area contributed by atoms with E-state index in [1.807, 2.05) is 10.7 Å². The Morgan fingerprint density at radius 1 is 0.935 bits per heavy atom. The van der Waals surface area contributed by atoms with Crippen molar-refractivity contribution >= 4 is 11.5 Å². The van der Waals surface area contributed by atoms with Gasteiger partial charge in [0.1, 0.15) is 5.82 Å². The molecule has 1 N–H and O–H groups in total. The number of fused-ring (bicyclic) bond motifs is 1. The molecule has 0 saturated heterocycles. The van der Waals surface area contributed by atoms with Crippen LogP contribution < -0.4 is 5.32 Å². The molecule has 0 radical (unpaired) electrons. The van der Waals surface area contributed by atoms with Crippen LogP contribution in [0, 0.1) is 13.8 Å². The van der Waals surface area contributed by atoms with Gasteiger partial charge >= 0.3 is 0 Å². The van der Waals surface area contributed by atoms with E-state index in [4.69, 9.17) is 4.98 Å². The van der Waals surface area contributed by atoms with Gasteiger partial charge in [0.15, 0.2) is 5.65 Å². The molecule has 160 valence electrons. The maximum atomic E-state index is 4.89. The molecular weight excluding hydrogens is 382 g/mol. The summed E-state index contributed by atoms with van der Waals surface area (Å²) < 4.78 is 1.91. The molecule has 4 aromatic rings. The van der Waals surface area contributed by atoms with Crippen molar-refractivity contribution in [1.29, 1.82) is 0 Å². The first kappa shape index (κ1) is 21.1. The number of anilines is 1. The highest BCUT2D eigenvalue weighted by Crippen LogP contribution is 2.26. The van der Waals surface area contributed by atoms with E-state index >= 15 is 0 Å². The quantitative estimate of drug-likeness (QED) is 0.393. The fourth-order valence-electron chi connectivity index (χ4n) is 3.84. The van der Waals surface area contributed by atoms with Crippen molar-refractivity contribution in [2.24, 2.45) is 0 Å². The van der Waals surface area contributed by atoms with Gasteiger partial charge in [-0.15, -0.1) is 0 Å². The summed E-state index contributed by atoms with van der Waals surface area (Å²) >= 11 is 0. The van der Waals surface area contributed by atoms with E-state index in [1.54, 1.807) is 0 Å². The van der Waals surface area contributed by atoms with Crippen molar-refractivity contribution < 1.29 is 0 Å². The fourth-order valence-corrected chi connectivity index (χ4v) is 3.84. The summed E-state index contributed by atoms with van der Waals surface area (Å²) in [4.78, 5) is 7.28. The minimum atomic E-state index is 0.890. The fraction of sp³-hybridized carbons (Fsp3) is 0.308. The van der Waals surface area contributed by atoms with Gasteiger partial charge < -0.3 is 10.2 Å². The SMILES string of the molecule is Cc1ccccc1-c1cc(NCCCN(C)CCc2ccccc2)n2ncc(C)c2n1. The van der Waals surface area contributed by atoms with E-state index in [9.17, 15) is 0 Å². The number of aromatic nitrogens is 3. The molecule has 0 aliphatic rings. The lowest BCUT2D eigenvalue weighted by Crippen LogP contribution is -2.24. The van der Waals surface area contributed by atoms with Crippen LogP contribution in [0.15, 0.2) is 66.9 Å². The summed E-state index contributed by atoms with van der Waals surface area (Å²) in [5, 5.41) is 8.13. The van der Waals surface area contributed by atoms with Gasteiger partial charge in [-0.3, -0.25) is 0 Å². The Balaban J connectivity index is 1.39. The molecule has 0 bridgehead atoms. The number of likely N-dealkylation sites (N-methyl/N-ethyl adjacent to an activating group) is 1. The van der Waals surface area contributed by atoms with E-state index in [0.29, 0.717) is 0 Å². The maximum Gasteiger partial charge on any atom is 0.160 e. The van der Waals surface area contributed by atoms with Crippen molar-refractivity contribution in [3.05, 3.63) is 83.6 Å². The standard InChI is InChI=1S/C26H31N5/c1-20-10-7-8-13-23(20)24-18-25(31-26(29-24)21(2)19-28-31)27-15-9-16-30(3)17-14-22-11-5-4-6-12-22/h4-8,10-13,18-19,27H,9,14-17H2,1-3H3. The van der Waals surface area contributed by atoms with Crippen molar-refractivity contribution in [1.82, 2.24) is 19.5 Å². The minimum absolute atomic E-state index is 0.890. The average molecular weight is 414 g/mol. The number of nitrogens with zero attached hydrogens (tertiary/aromatic N) is 4. The predicted octanol–water partition coefficient (Wildman–Crippen LogP) is 4.99. The topological polar surface area (TPSA) is 45.5 Å². The molecule has 0 atom stereocenters. The number of benzene rings is 2. The lowest BCUT2D eigenvalue weighted by atomic mass is 10.1. The Morgan fingerprint density at radius 2 is 1.71 bits per heavy atom. The number of hydrogen-bond acceptors (Lipinski definition) is 4. The molecule has 31 heavy (non-hydrogen) atoms. The monoisotopic (exact) mass is 413 g/mol. The third kappa shape index (κ3) is 5.12. The summed E-state index contributed by atoms with van der Waals surface area (Å²) in [6.45, 7) is 7.20. The Labute approximate surface area is 184 Å². The van der Waals surface area contributed by atoms with Gasteiger partial charge in [-0.05, 0) is 51.4 Å². The highest BCUT2D eigenvalue weighted by Gasteiger charge is 2.12. The van der Waals surface area contributed by atoms with Crippen molar-refractivity contribution in [2.75, 3.05) is 32.0 Å². The van der Waals surface area contributed by atoms with Crippen LogP contribution in [0.1, 0.15) is 23.1 Å². The molecule has 5 heteroatoms. The zero-order valence-electron chi connectivity index (χ0n) is 18.7. The summed E-state index contributed by atoms with van der Waals surface area (Å²) in [6.07, 6.45) is 4.03. The molecule has 0 unspecified atom stereocenters. The second-order valence-electron chi connectivity index (χ2n) is 8.22. The third-order valence-electron chi connectivity index (χ3n) is 5.72. The lowest BCUT2D eigenvalue weighted by molar-refractivity contribution is 0.337. The minimum Gasteiger partial charge on any atom is -0.370 e. The number of nitrogens with one attached hydrogen (secondary N) is 1. The molecule has 2 heterocycles. The first-order valence-electron chi connectivity index (χ1n) is 11.0. The van der Waals surface area contributed by atoms with E-state index in [-0.39, 0.29) is 0 Å². The Morgan fingerprint density at radius 3 is 2.52 bits per heavy atom. The molecule has 0 aliphatic carbocycles. The highest BCUT2D eigenvalue weighted by molar-refractivity contribution is 5.70. The summed E-state index contributed by atoms with van der Waals surface area (Å²) in [6, 6.07) is 21.2. The molecule has 4 rings (SSSR count). The van der Waals surface area contributed by atoms with Crippen LogP contribution in [0.4, 0.5) is 5.82 Å². The second-order valence-corrected chi connectivity index (χ2v) is 8.22. The smallest absolute Gasteiger partial charge is 0.160 e. The van der Waals surface area contributed by atoms with E-state index in [2.05, 4.69) is 96.9 Å². The molecule has 0 fully saturated rings. The van der Waals surface area contributed by atoms with Gasteiger partial charge in [0.2, 0.25) is 0 Å². The molecule has 0 spiro atoms. The van der Waals surface area contributed by atoms with Crippen molar-refractivity contribution in [3.63, 3.8) is 0 Å². The maximum absolute atomic E-state index is 4.89. The first-order valence-corrected chi connectivity index (χ1v) is 11.0. The molecule has 5 nitrogen and oxygen atoms in total. The van der Waals surface area contributed by atoms with Gasteiger partial charge in [0.25, 0.3) is 0 Å². The molecule has 2 aromatic carbocycles. The summed E-state index contributed by atoms with van der Waals surface area (Å²) in [5.41, 5.74) is 6.75. The van der Waals surface area contributed by atoms with Crippen LogP contribution in [0.25, 0.3) is 16.9 Å². The number of rotatable bonds is 9. The zero-order valence-corrected chi connectivity index (χ0v) is 18.7. The third-order valence-corrected chi connectivity index (χ3v) is 5.72. The molecular formula is C26H31N5. The largest absolute Gasteiger partial charge is 0.370 e. The van der Waals surface area contributed by atoms with Gasteiger partial charge in [0, 0.05) is 30.3 Å². The Hall–Kier alpha value is -3.18. The van der Waals surface area contributed by atoms with Crippen molar-refractivity contribution in [2.45, 2.75) is 26.7 Å². The predicted molar refractivity (Wildman–Crippen MR) is 129 cm³/mol. The normalized spacial score (nSPS) is 11.4. The molecule has 0 saturated carbocycles. The summed E-state index contributed by atoms with van der Waals surface area (Å²) in [7, 11) is 2.20. The molecule has 0 amide bonds. The van der Waals surface area contributed by atoms with Crippen LogP contribution >= 0.6 is 0 Å². The van der Waals surface area contributed by atoms with E-state index in [0.717, 1.165) is 60.8 Å². The second kappa shape index (κ2) is 9.75. The zero-order chi connectivity index (χ0) is 21.6. The number of hydrogen-bond donors (Lipinski definition) is 1. The average Bonchev–Trinajstić information content (AvgIpc) is 3.17. The van der Waals surface area contributed by atoms with Crippen LogP contribution in [-0.2, 0) is 6.42 Å². The molecule has 0 aliphatic heterocycles. The van der Waals surface area contributed by atoms with Crippen LogP contribution in [0.2, 0.25) is 0 Å². The van der Waals surface area contributed by atoms with Gasteiger partial charge in [-0.2, -0.15) is 9.61 Å². The first-order chi connectivity index (χ1) is 15.1. The van der Waals surface area contributed by atoms with Gasteiger partial charge in [0.05, 0.1) is 11.9 Å². The van der Waals surface area contributed by atoms with E-state index in [1.165, 1.54) is 11.1 Å². The van der Waals surface area contributed by atoms with Gasteiger partial charge in [-0.1, -0.05) is 54.6 Å². The highest BCUT2D eigenvalue weighted by atomic mass is 15.3. The van der Waals surface area contributed by atoms with Crippen LogP contribution in [0.3, 0.4) is 0 Å². The molecule has 2 aromatic heterocycles. The summed E-state index contributed by atoms with van der Waals surface area (Å²) in [5.74, 6) is 0.989. The van der Waals surface area contributed by atoms with Crippen LogP contribution in [-0.4, -0.2) is 46.2 Å². The lowest BCUT2D eigenvalue weighted by Gasteiger charge is -2.17. The van der Waals surface area contributed by atoms with Gasteiger partial charge in [-0.25, -0.2) is 4.98 Å². The van der Waals surface area contributed by atoms with Crippen LogP contribution in [0.5, 0.6) is 0 Å². The van der Waals surface area contributed by atoms with E-state index < -0.39 is 0 Å².